The van der Waals surface area contributed by atoms with E-state index in [4.69, 9.17) is 0 Å². The molecule has 0 saturated carbocycles. The molecule has 1 amide bonds. The van der Waals surface area contributed by atoms with Crippen LogP contribution in [0, 0.1) is 18.3 Å². The molecule has 0 aliphatic heterocycles. The lowest BCUT2D eigenvalue weighted by atomic mass is 9.73. The van der Waals surface area contributed by atoms with Gasteiger partial charge in [0.1, 0.15) is 0 Å². The number of carbonyl (C=O) groups is 1. The molecule has 1 atom stereocenters. The molecule has 1 unspecified atom stereocenters. The van der Waals surface area contributed by atoms with Gasteiger partial charge in [-0.1, -0.05) is 50.6 Å². The largest absolute Gasteiger partial charge is 0.298 e. The van der Waals surface area contributed by atoms with Gasteiger partial charge in [0.05, 0.1) is 5.69 Å². The van der Waals surface area contributed by atoms with Gasteiger partial charge in [-0.15, -0.1) is 11.3 Å². The second-order valence-corrected chi connectivity index (χ2v) is 9.01. The van der Waals surface area contributed by atoms with Gasteiger partial charge in [-0.2, -0.15) is 0 Å². The first-order chi connectivity index (χ1) is 11.8. The van der Waals surface area contributed by atoms with Crippen LogP contribution in [0.25, 0.3) is 6.08 Å². The summed E-state index contributed by atoms with van der Waals surface area (Å²) in [4.78, 5) is 18.1. The van der Waals surface area contributed by atoms with Crippen LogP contribution in [0.3, 0.4) is 0 Å². The van der Waals surface area contributed by atoms with E-state index in [0.29, 0.717) is 11.3 Å². The maximum Gasteiger partial charge on any atom is 0.250 e. The SMILES string of the molecule is Cc1ccc(/C=C/C(=O)Nc2nc3c(s2)CC(C(C)(C)C)CC3)cc1. The van der Waals surface area contributed by atoms with E-state index in [0.717, 1.165) is 23.5 Å². The van der Waals surface area contributed by atoms with Crippen LogP contribution in [0.1, 0.15) is 48.9 Å². The molecule has 0 bridgehead atoms. The zero-order valence-corrected chi connectivity index (χ0v) is 16.2. The lowest BCUT2D eigenvalue weighted by molar-refractivity contribution is -0.111. The zero-order valence-electron chi connectivity index (χ0n) is 15.4. The molecular formula is C21H26N2OS. The van der Waals surface area contributed by atoms with Crippen LogP contribution in [0.15, 0.2) is 30.3 Å². The van der Waals surface area contributed by atoms with Crippen LogP contribution in [-0.4, -0.2) is 10.9 Å². The van der Waals surface area contributed by atoms with Crippen molar-refractivity contribution in [3.63, 3.8) is 0 Å². The van der Waals surface area contributed by atoms with Crippen LogP contribution in [0.2, 0.25) is 0 Å². The number of nitrogens with zero attached hydrogens (tertiary/aromatic N) is 1. The molecule has 1 N–H and O–H groups in total. The van der Waals surface area contributed by atoms with Gasteiger partial charge in [-0.05, 0) is 49.2 Å². The van der Waals surface area contributed by atoms with E-state index < -0.39 is 0 Å². The summed E-state index contributed by atoms with van der Waals surface area (Å²) in [5, 5.41) is 3.64. The fourth-order valence-corrected chi connectivity index (χ4v) is 4.26. The van der Waals surface area contributed by atoms with Gasteiger partial charge in [-0.25, -0.2) is 4.98 Å². The van der Waals surface area contributed by atoms with E-state index in [2.05, 4.69) is 38.0 Å². The van der Waals surface area contributed by atoms with Crippen molar-refractivity contribution in [1.29, 1.82) is 0 Å². The number of benzene rings is 1. The number of aromatic nitrogens is 1. The average molecular weight is 355 g/mol. The Labute approximate surface area is 154 Å². The smallest absolute Gasteiger partial charge is 0.250 e. The molecule has 1 aliphatic rings. The molecule has 1 aliphatic carbocycles. The van der Waals surface area contributed by atoms with Gasteiger partial charge in [0.2, 0.25) is 5.91 Å². The third-order valence-electron chi connectivity index (χ3n) is 4.90. The third kappa shape index (κ3) is 4.57. The monoisotopic (exact) mass is 354 g/mol. The Morgan fingerprint density at radius 3 is 2.68 bits per heavy atom. The molecule has 25 heavy (non-hydrogen) atoms. The lowest BCUT2D eigenvalue weighted by Crippen LogP contribution is -2.26. The minimum atomic E-state index is -0.126. The summed E-state index contributed by atoms with van der Waals surface area (Å²) < 4.78 is 0. The Balaban J connectivity index is 1.63. The van der Waals surface area contributed by atoms with Crippen LogP contribution in [-0.2, 0) is 17.6 Å². The lowest BCUT2D eigenvalue weighted by Gasteiger charge is -2.33. The van der Waals surface area contributed by atoms with E-state index in [1.54, 1.807) is 17.4 Å². The minimum absolute atomic E-state index is 0.126. The average Bonchev–Trinajstić information content (AvgIpc) is 2.94. The molecule has 0 fully saturated rings. The number of fused-ring (bicyclic) bond motifs is 1. The predicted octanol–water partition coefficient (Wildman–Crippen LogP) is 5.25. The maximum atomic E-state index is 12.2. The Morgan fingerprint density at radius 1 is 1.28 bits per heavy atom. The highest BCUT2D eigenvalue weighted by atomic mass is 32.1. The Hall–Kier alpha value is -1.94. The summed E-state index contributed by atoms with van der Waals surface area (Å²) >= 11 is 1.63. The molecule has 132 valence electrons. The molecule has 3 rings (SSSR count). The van der Waals surface area contributed by atoms with Crippen LogP contribution in [0.5, 0.6) is 0 Å². The van der Waals surface area contributed by atoms with Crippen LogP contribution >= 0.6 is 11.3 Å². The number of nitrogens with one attached hydrogen (secondary N) is 1. The summed E-state index contributed by atoms with van der Waals surface area (Å²) in [5.41, 5.74) is 3.72. The minimum Gasteiger partial charge on any atom is -0.298 e. The predicted molar refractivity (Wildman–Crippen MR) is 106 cm³/mol. The molecule has 2 aromatic rings. The number of carbonyl (C=O) groups excluding carboxylic acids is 1. The quantitative estimate of drug-likeness (QED) is 0.765. The molecule has 1 aromatic carbocycles. The van der Waals surface area contributed by atoms with Gasteiger partial charge in [0.25, 0.3) is 0 Å². The zero-order chi connectivity index (χ0) is 18.0. The molecule has 1 aromatic heterocycles. The van der Waals surface area contributed by atoms with E-state index in [1.807, 2.05) is 30.3 Å². The number of hydrogen-bond acceptors (Lipinski definition) is 3. The van der Waals surface area contributed by atoms with E-state index in [9.17, 15) is 4.79 Å². The van der Waals surface area contributed by atoms with Crippen LogP contribution in [0.4, 0.5) is 5.13 Å². The van der Waals surface area contributed by atoms with Crippen molar-refractivity contribution in [2.45, 2.75) is 47.0 Å². The first-order valence-corrected chi connectivity index (χ1v) is 9.67. The molecule has 0 spiro atoms. The molecule has 3 nitrogen and oxygen atoms in total. The molecule has 0 saturated heterocycles. The van der Waals surface area contributed by atoms with Crippen molar-refractivity contribution >= 4 is 28.5 Å². The number of hydrogen-bond donors (Lipinski definition) is 1. The number of anilines is 1. The number of amides is 1. The van der Waals surface area contributed by atoms with Gasteiger partial charge in [0.15, 0.2) is 5.13 Å². The highest BCUT2D eigenvalue weighted by Crippen LogP contribution is 2.40. The molecular weight excluding hydrogens is 328 g/mol. The van der Waals surface area contributed by atoms with E-state index >= 15 is 0 Å². The van der Waals surface area contributed by atoms with Gasteiger partial charge < -0.3 is 0 Å². The Bertz CT molecular complexity index is 781. The fraction of sp³-hybridized carbons (Fsp3) is 0.429. The van der Waals surface area contributed by atoms with Crippen molar-refractivity contribution in [3.05, 3.63) is 52.0 Å². The standard InChI is InChI=1S/C21H26N2OS/c1-14-5-7-15(8-6-14)9-12-19(24)23-20-22-17-11-10-16(21(2,3)4)13-18(17)25-20/h5-9,12,16H,10-11,13H2,1-4H3,(H,22,23,24)/b12-9+. The molecule has 0 radical (unpaired) electrons. The Morgan fingerprint density at radius 2 is 2.00 bits per heavy atom. The van der Waals surface area contributed by atoms with Crippen molar-refractivity contribution in [1.82, 2.24) is 4.98 Å². The van der Waals surface area contributed by atoms with Crippen molar-refractivity contribution in [2.75, 3.05) is 5.32 Å². The first kappa shape index (κ1) is 17.9. The topological polar surface area (TPSA) is 42.0 Å². The third-order valence-corrected chi connectivity index (χ3v) is 5.93. The van der Waals surface area contributed by atoms with Crippen LogP contribution < -0.4 is 5.32 Å². The summed E-state index contributed by atoms with van der Waals surface area (Å²) in [7, 11) is 0. The van der Waals surface area contributed by atoms with Crippen molar-refractivity contribution in [3.8, 4) is 0 Å². The fourth-order valence-electron chi connectivity index (χ4n) is 3.16. The molecule has 4 heteroatoms. The summed E-state index contributed by atoms with van der Waals surface area (Å²) in [6, 6.07) is 8.10. The van der Waals surface area contributed by atoms with Gasteiger partial charge in [0, 0.05) is 11.0 Å². The Kier molecular flexibility index (Phi) is 5.09. The number of aryl methyl sites for hydroxylation is 2. The molecule has 1 heterocycles. The van der Waals surface area contributed by atoms with Gasteiger partial charge >= 0.3 is 0 Å². The summed E-state index contributed by atoms with van der Waals surface area (Å²) in [6.45, 7) is 8.97. The van der Waals surface area contributed by atoms with E-state index in [1.165, 1.54) is 22.6 Å². The van der Waals surface area contributed by atoms with Crippen molar-refractivity contribution in [2.24, 2.45) is 11.3 Å². The highest BCUT2D eigenvalue weighted by molar-refractivity contribution is 7.15. The normalized spacial score (nSPS) is 17.5. The first-order valence-electron chi connectivity index (χ1n) is 8.85. The second kappa shape index (κ2) is 7.12. The maximum absolute atomic E-state index is 12.2. The second-order valence-electron chi connectivity index (χ2n) is 7.93. The van der Waals surface area contributed by atoms with Crippen molar-refractivity contribution < 1.29 is 4.79 Å². The number of thiazole rings is 1. The van der Waals surface area contributed by atoms with E-state index in [-0.39, 0.29) is 5.91 Å². The number of rotatable bonds is 3. The van der Waals surface area contributed by atoms with Gasteiger partial charge in [-0.3, -0.25) is 10.1 Å². The summed E-state index contributed by atoms with van der Waals surface area (Å²) in [5.74, 6) is 0.560. The highest BCUT2D eigenvalue weighted by Gasteiger charge is 2.30. The summed E-state index contributed by atoms with van der Waals surface area (Å²) in [6.07, 6.45) is 6.68.